The summed E-state index contributed by atoms with van der Waals surface area (Å²) in [6, 6.07) is 0. The fourth-order valence-corrected chi connectivity index (χ4v) is 1.94. The number of piperidine rings is 1. The van der Waals surface area contributed by atoms with E-state index >= 15 is 0 Å². The SMILES string of the molecule is CC.CCOC(=O)CCCC1CCNCC1. The molecule has 0 aromatic carbocycles. The van der Waals surface area contributed by atoms with Gasteiger partial charge in [-0.2, -0.15) is 0 Å². The second-order valence-corrected chi connectivity index (χ2v) is 3.89. The first-order valence-electron chi connectivity index (χ1n) is 6.69. The molecule has 0 spiro atoms. The maximum Gasteiger partial charge on any atom is 0.305 e. The van der Waals surface area contributed by atoms with Crippen molar-refractivity contribution in [1.29, 1.82) is 0 Å². The summed E-state index contributed by atoms with van der Waals surface area (Å²) in [5.74, 6) is 0.784. The van der Waals surface area contributed by atoms with E-state index in [0.717, 1.165) is 25.4 Å². The van der Waals surface area contributed by atoms with Gasteiger partial charge in [0.1, 0.15) is 0 Å². The molecule has 1 heterocycles. The zero-order chi connectivity index (χ0) is 12.2. The van der Waals surface area contributed by atoms with Crippen molar-refractivity contribution in [2.24, 2.45) is 5.92 Å². The highest BCUT2D eigenvalue weighted by Gasteiger charge is 2.13. The van der Waals surface area contributed by atoms with Crippen molar-refractivity contribution in [2.45, 2.75) is 52.9 Å². The molecule has 0 aromatic rings. The molecule has 0 aromatic heterocycles. The molecule has 0 saturated carbocycles. The van der Waals surface area contributed by atoms with Crippen LogP contribution >= 0.6 is 0 Å². The first-order chi connectivity index (χ1) is 7.83. The van der Waals surface area contributed by atoms with Gasteiger partial charge in [0, 0.05) is 6.42 Å². The van der Waals surface area contributed by atoms with Gasteiger partial charge in [-0.1, -0.05) is 13.8 Å². The molecule has 1 aliphatic rings. The normalized spacial score (nSPS) is 16.2. The van der Waals surface area contributed by atoms with Crippen molar-refractivity contribution in [2.75, 3.05) is 19.7 Å². The third kappa shape index (κ3) is 7.69. The number of hydrogen-bond donors (Lipinski definition) is 1. The van der Waals surface area contributed by atoms with Gasteiger partial charge in [0.25, 0.3) is 0 Å². The Hall–Kier alpha value is -0.570. The Balaban J connectivity index is 0.00000106. The highest BCUT2D eigenvalue weighted by molar-refractivity contribution is 5.69. The first-order valence-corrected chi connectivity index (χ1v) is 6.69. The van der Waals surface area contributed by atoms with E-state index in [0.29, 0.717) is 13.0 Å². The lowest BCUT2D eigenvalue weighted by molar-refractivity contribution is -0.143. The van der Waals surface area contributed by atoms with Crippen LogP contribution in [0.4, 0.5) is 0 Å². The summed E-state index contributed by atoms with van der Waals surface area (Å²) in [5.41, 5.74) is 0. The molecule has 1 N–H and O–H groups in total. The van der Waals surface area contributed by atoms with Gasteiger partial charge in [-0.25, -0.2) is 0 Å². The van der Waals surface area contributed by atoms with Crippen LogP contribution < -0.4 is 5.32 Å². The molecule has 0 radical (unpaired) electrons. The van der Waals surface area contributed by atoms with Gasteiger partial charge in [-0.05, 0) is 51.6 Å². The maximum absolute atomic E-state index is 11.1. The molecule has 0 atom stereocenters. The summed E-state index contributed by atoms with van der Waals surface area (Å²) in [6.07, 6.45) is 5.30. The zero-order valence-corrected chi connectivity index (χ0v) is 11.1. The van der Waals surface area contributed by atoms with E-state index in [1.165, 1.54) is 19.3 Å². The number of carbonyl (C=O) groups is 1. The third-order valence-corrected chi connectivity index (χ3v) is 2.76. The Bertz CT molecular complexity index is 165. The molecule has 1 saturated heterocycles. The van der Waals surface area contributed by atoms with Gasteiger partial charge in [0.05, 0.1) is 6.61 Å². The predicted octanol–water partition coefficient (Wildman–Crippen LogP) is 2.75. The minimum absolute atomic E-state index is 0.0403. The van der Waals surface area contributed by atoms with Gasteiger partial charge >= 0.3 is 5.97 Å². The van der Waals surface area contributed by atoms with Crippen LogP contribution in [-0.2, 0) is 9.53 Å². The average Bonchev–Trinajstić information content (AvgIpc) is 2.33. The lowest BCUT2D eigenvalue weighted by Crippen LogP contribution is -2.27. The molecule has 1 fully saturated rings. The van der Waals surface area contributed by atoms with Gasteiger partial charge in [0.15, 0.2) is 0 Å². The summed E-state index contributed by atoms with van der Waals surface area (Å²) in [6.45, 7) is 8.64. The van der Waals surface area contributed by atoms with Crippen LogP contribution in [0.25, 0.3) is 0 Å². The molecule has 1 aliphatic heterocycles. The smallest absolute Gasteiger partial charge is 0.305 e. The topological polar surface area (TPSA) is 38.3 Å². The quantitative estimate of drug-likeness (QED) is 0.737. The number of carbonyl (C=O) groups excluding carboxylic acids is 1. The lowest BCUT2D eigenvalue weighted by Gasteiger charge is -2.22. The van der Waals surface area contributed by atoms with Crippen LogP contribution in [0.2, 0.25) is 0 Å². The maximum atomic E-state index is 11.1. The molecule has 1 rings (SSSR count). The Morgan fingerprint density at radius 3 is 2.50 bits per heavy atom. The standard InChI is InChI=1S/C11H21NO2.C2H6/c1-2-14-11(13)5-3-4-10-6-8-12-9-7-10;1-2/h10,12H,2-9H2,1H3;1-2H3. The minimum Gasteiger partial charge on any atom is -0.466 e. The van der Waals surface area contributed by atoms with Crippen LogP contribution in [0, 0.1) is 5.92 Å². The van der Waals surface area contributed by atoms with Gasteiger partial charge < -0.3 is 10.1 Å². The number of nitrogens with one attached hydrogen (secondary N) is 1. The second kappa shape index (κ2) is 10.9. The van der Waals surface area contributed by atoms with E-state index in [4.69, 9.17) is 4.74 Å². The van der Waals surface area contributed by atoms with Crippen LogP contribution in [-0.4, -0.2) is 25.7 Å². The van der Waals surface area contributed by atoms with Crippen molar-refractivity contribution in [3.05, 3.63) is 0 Å². The lowest BCUT2D eigenvalue weighted by atomic mass is 9.92. The summed E-state index contributed by atoms with van der Waals surface area (Å²) in [5, 5.41) is 3.34. The summed E-state index contributed by atoms with van der Waals surface area (Å²) in [4.78, 5) is 11.1. The zero-order valence-electron chi connectivity index (χ0n) is 11.1. The van der Waals surface area contributed by atoms with Crippen molar-refractivity contribution in [3.8, 4) is 0 Å². The number of rotatable bonds is 5. The van der Waals surface area contributed by atoms with E-state index < -0.39 is 0 Å². The highest BCUT2D eigenvalue weighted by atomic mass is 16.5. The molecule has 16 heavy (non-hydrogen) atoms. The van der Waals surface area contributed by atoms with E-state index in [-0.39, 0.29) is 5.97 Å². The number of esters is 1. The van der Waals surface area contributed by atoms with Crippen molar-refractivity contribution >= 4 is 5.97 Å². The molecular formula is C13H27NO2. The van der Waals surface area contributed by atoms with Crippen LogP contribution in [0.1, 0.15) is 52.9 Å². The van der Waals surface area contributed by atoms with Crippen LogP contribution in [0.5, 0.6) is 0 Å². The fraction of sp³-hybridized carbons (Fsp3) is 0.923. The van der Waals surface area contributed by atoms with E-state index in [1.807, 2.05) is 20.8 Å². The molecule has 96 valence electrons. The number of hydrogen-bond acceptors (Lipinski definition) is 3. The first kappa shape index (κ1) is 15.4. The van der Waals surface area contributed by atoms with E-state index in [1.54, 1.807) is 0 Å². The summed E-state index contributed by atoms with van der Waals surface area (Å²) < 4.78 is 4.88. The molecule has 0 aliphatic carbocycles. The van der Waals surface area contributed by atoms with Gasteiger partial charge in [-0.15, -0.1) is 0 Å². The predicted molar refractivity (Wildman–Crippen MR) is 67.4 cm³/mol. The molecule has 0 bridgehead atoms. The van der Waals surface area contributed by atoms with E-state index in [9.17, 15) is 4.79 Å². The van der Waals surface area contributed by atoms with E-state index in [2.05, 4.69) is 5.32 Å². The summed E-state index contributed by atoms with van der Waals surface area (Å²) in [7, 11) is 0. The largest absolute Gasteiger partial charge is 0.466 e. The molecule has 0 amide bonds. The van der Waals surface area contributed by atoms with Gasteiger partial charge in [-0.3, -0.25) is 4.79 Å². The van der Waals surface area contributed by atoms with Gasteiger partial charge in [0.2, 0.25) is 0 Å². The Morgan fingerprint density at radius 1 is 1.31 bits per heavy atom. The van der Waals surface area contributed by atoms with Crippen molar-refractivity contribution in [3.63, 3.8) is 0 Å². The average molecular weight is 229 g/mol. The minimum atomic E-state index is -0.0403. The second-order valence-electron chi connectivity index (χ2n) is 3.89. The van der Waals surface area contributed by atoms with Crippen LogP contribution in [0.15, 0.2) is 0 Å². The Labute approximate surface area is 99.9 Å². The number of ether oxygens (including phenoxy) is 1. The van der Waals surface area contributed by atoms with Crippen molar-refractivity contribution in [1.82, 2.24) is 5.32 Å². The molecule has 3 heteroatoms. The fourth-order valence-electron chi connectivity index (χ4n) is 1.94. The molecular weight excluding hydrogens is 202 g/mol. The molecule has 3 nitrogen and oxygen atoms in total. The van der Waals surface area contributed by atoms with Crippen molar-refractivity contribution < 1.29 is 9.53 Å². The van der Waals surface area contributed by atoms with Crippen LogP contribution in [0.3, 0.4) is 0 Å². The Kier molecular flexibility index (Phi) is 10.5. The monoisotopic (exact) mass is 229 g/mol. The third-order valence-electron chi connectivity index (χ3n) is 2.76. The molecule has 0 unspecified atom stereocenters. The Morgan fingerprint density at radius 2 is 1.94 bits per heavy atom. The summed E-state index contributed by atoms with van der Waals surface area (Å²) >= 11 is 0. The highest BCUT2D eigenvalue weighted by Crippen LogP contribution is 2.18.